The van der Waals surface area contributed by atoms with Crippen LogP contribution in [0.25, 0.3) is 60.2 Å². The van der Waals surface area contributed by atoms with Gasteiger partial charge in [-0.1, -0.05) is 42.5 Å². The molecule has 5 aromatic carbocycles. The predicted octanol–water partition coefficient (Wildman–Crippen LogP) is 7.28. The summed E-state index contributed by atoms with van der Waals surface area (Å²) in [4.78, 5) is 0. The average Bonchev–Trinajstić information content (AvgIpc) is 3.32. The van der Waals surface area contributed by atoms with Gasteiger partial charge in [0.15, 0.2) is 11.0 Å². The van der Waals surface area contributed by atoms with E-state index in [9.17, 15) is 0 Å². The molecule has 0 unspecified atom stereocenters. The maximum Gasteiger partial charge on any atom is 0.259 e. The third-order valence-corrected chi connectivity index (χ3v) is 7.21. The summed E-state index contributed by atoms with van der Waals surface area (Å²) in [5, 5.41) is 7.29. The summed E-state index contributed by atoms with van der Waals surface area (Å²) in [5.74, 6) is 1.21. The lowest BCUT2D eigenvalue weighted by atomic mass is 9.99. The quantitative estimate of drug-likeness (QED) is 0.199. The Morgan fingerprint density at radius 2 is 1.45 bits per heavy atom. The molecule has 2 aromatic heterocycles. The fraction of sp³-hybridized carbons (Fsp3) is 0.100. The molecular weight excluding hydrogens is 404 g/mol. The highest BCUT2D eigenvalue weighted by Gasteiger charge is 2.24. The van der Waals surface area contributed by atoms with Crippen molar-refractivity contribution in [1.82, 2.24) is 4.57 Å². The van der Waals surface area contributed by atoms with E-state index >= 15 is 0 Å². The number of imidazole rings is 1. The first-order valence-electron chi connectivity index (χ1n) is 11.4. The topological polar surface area (TPSA) is 21.9 Å². The van der Waals surface area contributed by atoms with Gasteiger partial charge in [-0.05, 0) is 71.1 Å². The second kappa shape index (κ2) is 6.46. The smallest absolute Gasteiger partial charge is 0.259 e. The molecule has 33 heavy (non-hydrogen) atoms. The van der Waals surface area contributed by atoms with Crippen LogP contribution in [0.15, 0.2) is 89.3 Å². The minimum atomic E-state index is 0.936. The summed E-state index contributed by atoms with van der Waals surface area (Å²) < 4.78 is 10.9. The third-order valence-electron chi connectivity index (χ3n) is 7.21. The molecule has 3 heteroatoms. The van der Waals surface area contributed by atoms with Crippen LogP contribution in [0.2, 0.25) is 0 Å². The fourth-order valence-electron chi connectivity index (χ4n) is 5.43. The van der Waals surface area contributed by atoms with Crippen molar-refractivity contribution in [2.45, 2.75) is 13.8 Å². The lowest BCUT2D eigenvalue weighted by Gasteiger charge is -2.07. The van der Waals surface area contributed by atoms with Crippen LogP contribution in [0.5, 0.6) is 0 Å². The van der Waals surface area contributed by atoms with Gasteiger partial charge in [-0.2, -0.15) is 4.57 Å². The summed E-state index contributed by atoms with van der Waals surface area (Å²) in [6, 6.07) is 30.4. The van der Waals surface area contributed by atoms with Gasteiger partial charge in [0.1, 0.15) is 16.9 Å². The summed E-state index contributed by atoms with van der Waals surface area (Å²) in [6.07, 6.45) is 0. The van der Waals surface area contributed by atoms with Gasteiger partial charge >= 0.3 is 0 Å². The molecule has 0 atom stereocenters. The van der Waals surface area contributed by atoms with Crippen molar-refractivity contribution in [1.29, 1.82) is 0 Å². The molecule has 158 valence electrons. The molecule has 0 saturated carbocycles. The van der Waals surface area contributed by atoms with E-state index in [0.29, 0.717) is 0 Å². The van der Waals surface area contributed by atoms with E-state index in [1.165, 1.54) is 60.4 Å². The zero-order valence-corrected chi connectivity index (χ0v) is 18.9. The normalized spacial score (nSPS) is 12.1. The van der Waals surface area contributed by atoms with Crippen molar-refractivity contribution >= 4 is 54.5 Å². The summed E-state index contributed by atoms with van der Waals surface area (Å²) in [7, 11) is 2.15. The molecule has 0 N–H and O–H groups in total. The Hall–Kier alpha value is -4.11. The maximum absolute atomic E-state index is 6.22. The Kier molecular flexibility index (Phi) is 3.61. The van der Waals surface area contributed by atoms with Crippen LogP contribution in [0.1, 0.15) is 11.4 Å². The number of hydrogen-bond donors (Lipinski definition) is 0. The number of fused-ring (bicyclic) bond motifs is 8. The molecule has 0 spiro atoms. The zero-order chi connectivity index (χ0) is 22.3. The first kappa shape index (κ1) is 18.5. The van der Waals surface area contributed by atoms with E-state index in [0.717, 1.165) is 11.2 Å². The minimum absolute atomic E-state index is 0.936. The number of furan rings is 1. The summed E-state index contributed by atoms with van der Waals surface area (Å²) >= 11 is 0. The number of hydrogen-bond acceptors (Lipinski definition) is 1. The lowest BCUT2D eigenvalue weighted by molar-refractivity contribution is -0.652. The molecule has 2 heterocycles. The van der Waals surface area contributed by atoms with Crippen molar-refractivity contribution in [2.75, 3.05) is 0 Å². The van der Waals surface area contributed by atoms with Crippen LogP contribution in [0.3, 0.4) is 0 Å². The second-order valence-electron chi connectivity index (χ2n) is 8.99. The second-order valence-corrected chi connectivity index (χ2v) is 8.99. The Bertz CT molecular complexity index is 1900. The van der Waals surface area contributed by atoms with E-state index in [2.05, 4.69) is 103 Å². The first-order chi connectivity index (χ1) is 16.1. The lowest BCUT2D eigenvalue weighted by Crippen LogP contribution is -2.30. The molecule has 0 bridgehead atoms. The number of aromatic nitrogens is 2. The number of benzene rings is 5. The molecule has 0 saturated heterocycles. The number of rotatable bonds is 1. The summed E-state index contributed by atoms with van der Waals surface area (Å²) in [6.45, 7) is 4.37. The Morgan fingerprint density at radius 3 is 2.33 bits per heavy atom. The van der Waals surface area contributed by atoms with Crippen LogP contribution in [-0.2, 0) is 7.05 Å². The van der Waals surface area contributed by atoms with E-state index in [-0.39, 0.29) is 0 Å². The van der Waals surface area contributed by atoms with Gasteiger partial charge in [0.25, 0.3) is 5.82 Å². The molecule has 7 rings (SSSR count). The van der Waals surface area contributed by atoms with E-state index in [1.807, 2.05) is 12.1 Å². The molecule has 0 aliphatic carbocycles. The third kappa shape index (κ3) is 2.42. The van der Waals surface area contributed by atoms with Gasteiger partial charge in [-0.25, -0.2) is 4.57 Å². The minimum Gasteiger partial charge on any atom is -0.456 e. The fourth-order valence-corrected chi connectivity index (χ4v) is 5.43. The molecule has 0 aliphatic heterocycles. The molecule has 0 fully saturated rings. The van der Waals surface area contributed by atoms with Crippen molar-refractivity contribution in [3.05, 3.63) is 96.3 Å². The number of aryl methyl sites for hydroxylation is 2. The van der Waals surface area contributed by atoms with Crippen LogP contribution >= 0.6 is 0 Å². The van der Waals surface area contributed by atoms with Gasteiger partial charge in [-0.15, -0.1) is 0 Å². The van der Waals surface area contributed by atoms with E-state index in [1.54, 1.807) is 0 Å². The molecule has 0 amide bonds. The average molecular weight is 428 g/mol. The van der Waals surface area contributed by atoms with Crippen LogP contribution in [-0.4, -0.2) is 4.57 Å². The van der Waals surface area contributed by atoms with E-state index in [4.69, 9.17) is 4.42 Å². The largest absolute Gasteiger partial charge is 0.456 e. The Balaban J connectivity index is 1.64. The van der Waals surface area contributed by atoms with Crippen molar-refractivity contribution in [3.63, 3.8) is 0 Å². The first-order valence-corrected chi connectivity index (χ1v) is 11.4. The standard InChI is InChI=1S/C30H23N2O/c1-18-8-4-6-10-26(18)32-19(2)31(3)27-15-14-21-23(30(27)32)13-12-20-16-25-22-9-5-7-11-28(22)33-29(25)17-24(20)21/h4-17H,1-3H3/q+1. The van der Waals surface area contributed by atoms with Crippen LogP contribution in [0, 0.1) is 13.8 Å². The number of para-hydroxylation sites is 2. The SMILES string of the molecule is Cc1ccccc1-n1c(C)[n+](C)c2ccc3c4cc5oc6ccccc6c5cc4ccc3c21. The van der Waals surface area contributed by atoms with Crippen LogP contribution in [0.4, 0.5) is 0 Å². The van der Waals surface area contributed by atoms with Gasteiger partial charge in [0, 0.05) is 23.1 Å². The van der Waals surface area contributed by atoms with Crippen molar-refractivity contribution in [2.24, 2.45) is 7.05 Å². The predicted molar refractivity (Wildman–Crippen MR) is 136 cm³/mol. The highest BCUT2D eigenvalue weighted by atomic mass is 16.3. The molecule has 3 nitrogen and oxygen atoms in total. The van der Waals surface area contributed by atoms with Crippen molar-refractivity contribution in [3.8, 4) is 5.69 Å². The number of nitrogens with zero attached hydrogens (tertiary/aromatic N) is 2. The molecule has 0 radical (unpaired) electrons. The van der Waals surface area contributed by atoms with Gasteiger partial charge in [0.2, 0.25) is 0 Å². The molecule has 0 aliphatic rings. The van der Waals surface area contributed by atoms with Gasteiger partial charge in [-0.3, -0.25) is 0 Å². The highest BCUT2D eigenvalue weighted by Crippen LogP contribution is 2.37. The molecular formula is C30H23N2O+. The summed E-state index contributed by atoms with van der Waals surface area (Å²) in [5.41, 5.74) is 6.83. The Labute approximate surface area is 191 Å². The van der Waals surface area contributed by atoms with Crippen LogP contribution < -0.4 is 4.57 Å². The van der Waals surface area contributed by atoms with Crippen molar-refractivity contribution < 1.29 is 8.98 Å². The van der Waals surface area contributed by atoms with Gasteiger partial charge < -0.3 is 4.42 Å². The molecule has 7 aromatic rings. The Morgan fingerprint density at radius 1 is 0.667 bits per heavy atom. The maximum atomic E-state index is 6.22. The monoisotopic (exact) mass is 427 g/mol. The van der Waals surface area contributed by atoms with Gasteiger partial charge in [0.05, 0.1) is 7.05 Å². The highest BCUT2D eigenvalue weighted by molar-refractivity contribution is 6.19. The van der Waals surface area contributed by atoms with E-state index < -0.39 is 0 Å². The zero-order valence-electron chi connectivity index (χ0n) is 18.9.